The Morgan fingerprint density at radius 1 is 0.966 bits per heavy atom. The number of methoxy groups -OCH3 is 2. The van der Waals surface area contributed by atoms with Crippen molar-refractivity contribution in [2.24, 2.45) is 0 Å². The molecule has 0 amide bonds. The van der Waals surface area contributed by atoms with Crippen molar-refractivity contribution in [3.05, 3.63) is 53.3 Å². The number of halogens is 1. The molecule has 0 saturated heterocycles. The lowest BCUT2D eigenvalue weighted by Crippen LogP contribution is -2.27. The van der Waals surface area contributed by atoms with E-state index in [1.807, 2.05) is 18.2 Å². The average Bonchev–Trinajstić information content (AvgIpc) is 2.66. The van der Waals surface area contributed by atoms with Crippen LogP contribution in [0.5, 0.6) is 17.2 Å². The Balaban J connectivity index is 1.93. The van der Waals surface area contributed by atoms with E-state index >= 15 is 0 Å². The van der Waals surface area contributed by atoms with Gasteiger partial charge in [0.25, 0.3) is 0 Å². The summed E-state index contributed by atoms with van der Waals surface area (Å²) in [6.07, 6.45) is 2.06. The molecule has 6 heteroatoms. The third-order valence-corrected chi connectivity index (χ3v) is 4.17. The minimum Gasteiger partial charge on any atom is -0.493 e. The van der Waals surface area contributed by atoms with Crippen LogP contribution in [0.1, 0.15) is 38.3 Å². The van der Waals surface area contributed by atoms with Crippen LogP contribution in [0.3, 0.4) is 0 Å². The lowest BCUT2D eigenvalue weighted by molar-refractivity contribution is -0.157. The summed E-state index contributed by atoms with van der Waals surface area (Å²) >= 11 is 0. The summed E-state index contributed by atoms with van der Waals surface area (Å²) in [5, 5.41) is 0. The van der Waals surface area contributed by atoms with Gasteiger partial charge in [0.15, 0.2) is 29.7 Å². The van der Waals surface area contributed by atoms with Crippen molar-refractivity contribution in [1.29, 1.82) is 0 Å². The number of esters is 1. The van der Waals surface area contributed by atoms with Crippen LogP contribution in [0.15, 0.2) is 36.4 Å². The quantitative estimate of drug-likeness (QED) is 0.565. The molecule has 0 bridgehead atoms. The highest BCUT2D eigenvalue weighted by atomic mass is 19.1. The van der Waals surface area contributed by atoms with Crippen molar-refractivity contribution in [3.63, 3.8) is 0 Å². The highest BCUT2D eigenvalue weighted by Gasteiger charge is 2.18. The highest BCUT2D eigenvalue weighted by Crippen LogP contribution is 2.28. The van der Waals surface area contributed by atoms with E-state index in [0.717, 1.165) is 18.4 Å². The van der Waals surface area contributed by atoms with E-state index in [2.05, 4.69) is 0 Å². The van der Waals surface area contributed by atoms with Crippen molar-refractivity contribution in [1.82, 2.24) is 0 Å². The highest BCUT2D eigenvalue weighted by molar-refractivity contribution is 5.71. The van der Waals surface area contributed by atoms with Crippen LogP contribution >= 0.6 is 0 Å². The van der Waals surface area contributed by atoms with Crippen molar-refractivity contribution < 1.29 is 28.1 Å². The molecular weight excluding hydrogens is 375 g/mol. The van der Waals surface area contributed by atoms with Gasteiger partial charge in [0.2, 0.25) is 0 Å². The molecule has 0 radical (unpaired) electrons. The lowest BCUT2D eigenvalue weighted by atomic mass is 10.0. The predicted molar refractivity (Wildman–Crippen MR) is 109 cm³/mol. The molecule has 0 saturated carbocycles. The first-order chi connectivity index (χ1) is 13.7. The van der Waals surface area contributed by atoms with E-state index in [9.17, 15) is 9.18 Å². The zero-order valence-electron chi connectivity index (χ0n) is 17.7. The molecule has 0 fully saturated rings. The number of benzene rings is 2. The second-order valence-electron chi connectivity index (χ2n) is 7.65. The number of hydrogen-bond acceptors (Lipinski definition) is 5. The smallest absolute Gasteiger partial charge is 0.344 e. The van der Waals surface area contributed by atoms with Gasteiger partial charge in [-0.2, -0.15) is 0 Å². The predicted octanol–water partition coefficient (Wildman–Crippen LogP) is 4.74. The van der Waals surface area contributed by atoms with E-state index in [-0.39, 0.29) is 12.4 Å². The molecule has 2 rings (SSSR count). The molecule has 2 aromatic rings. The molecule has 29 heavy (non-hydrogen) atoms. The van der Waals surface area contributed by atoms with Gasteiger partial charge >= 0.3 is 5.97 Å². The molecule has 0 aliphatic heterocycles. The molecule has 5 nitrogen and oxygen atoms in total. The van der Waals surface area contributed by atoms with Crippen LogP contribution in [0.25, 0.3) is 0 Å². The molecule has 158 valence electrons. The maximum absolute atomic E-state index is 14.7. The molecule has 2 aromatic carbocycles. The SMILES string of the molecule is COc1ccc(CCCc2cccc(OCC(=O)OC(C)(C)C)c2F)cc1OC. The minimum atomic E-state index is -0.606. The summed E-state index contributed by atoms with van der Waals surface area (Å²) in [6, 6.07) is 10.7. The molecule has 0 unspecified atom stereocenters. The molecule has 0 atom stereocenters. The van der Waals surface area contributed by atoms with Gasteiger partial charge in [-0.15, -0.1) is 0 Å². The van der Waals surface area contributed by atoms with Gasteiger partial charge in [0.1, 0.15) is 5.60 Å². The van der Waals surface area contributed by atoms with Crippen molar-refractivity contribution in [3.8, 4) is 17.2 Å². The third-order valence-electron chi connectivity index (χ3n) is 4.17. The molecular formula is C23H29FO5. The molecule has 0 aromatic heterocycles. The molecule has 0 spiro atoms. The normalized spacial score (nSPS) is 11.1. The van der Waals surface area contributed by atoms with Crippen LogP contribution in [-0.4, -0.2) is 32.4 Å². The fourth-order valence-corrected chi connectivity index (χ4v) is 2.89. The second-order valence-corrected chi connectivity index (χ2v) is 7.65. The Hall–Kier alpha value is -2.76. The summed E-state index contributed by atoms with van der Waals surface area (Å²) < 4.78 is 35.7. The number of ether oxygens (including phenoxy) is 4. The Labute approximate surface area is 171 Å². The number of carbonyl (C=O) groups is 1. The minimum absolute atomic E-state index is 0.0551. The third kappa shape index (κ3) is 6.97. The second kappa shape index (κ2) is 10.1. The maximum atomic E-state index is 14.7. The van der Waals surface area contributed by atoms with Crippen LogP contribution in [0.4, 0.5) is 4.39 Å². The molecule has 0 aliphatic rings. The summed E-state index contributed by atoms with van der Waals surface area (Å²) in [6.45, 7) is 4.98. The van der Waals surface area contributed by atoms with Gasteiger partial charge in [-0.05, 0) is 69.4 Å². The fraction of sp³-hybridized carbons (Fsp3) is 0.435. The van der Waals surface area contributed by atoms with Gasteiger partial charge < -0.3 is 18.9 Å². The van der Waals surface area contributed by atoms with E-state index in [0.29, 0.717) is 23.5 Å². The van der Waals surface area contributed by atoms with Crippen molar-refractivity contribution in [2.75, 3.05) is 20.8 Å². The zero-order valence-corrected chi connectivity index (χ0v) is 17.7. The van der Waals surface area contributed by atoms with E-state index in [4.69, 9.17) is 18.9 Å². The summed E-state index contributed by atoms with van der Waals surface area (Å²) in [4.78, 5) is 11.8. The summed E-state index contributed by atoms with van der Waals surface area (Å²) in [5.74, 6) is 0.435. The van der Waals surface area contributed by atoms with Crippen LogP contribution in [0, 0.1) is 5.82 Å². The Bertz CT molecular complexity index is 827. The lowest BCUT2D eigenvalue weighted by Gasteiger charge is -2.19. The van der Waals surface area contributed by atoms with E-state index in [1.54, 1.807) is 47.1 Å². The van der Waals surface area contributed by atoms with Crippen molar-refractivity contribution >= 4 is 5.97 Å². The Morgan fingerprint density at radius 3 is 2.34 bits per heavy atom. The molecule has 0 heterocycles. The number of rotatable bonds is 9. The van der Waals surface area contributed by atoms with Gasteiger partial charge in [0, 0.05) is 0 Å². The average molecular weight is 404 g/mol. The number of hydrogen-bond donors (Lipinski definition) is 0. The monoisotopic (exact) mass is 404 g/mol. The standard InChI is InChI=1S/C23H29FO5/c1-23(2,3)29-21(25)15-28-19-11-7-10-17(22(19)24)9-6-8-16-12-13-18(26-4)20(14-16)27-5/h7,10-14H,6,8-9,15H2,1-5H3. The summed E-state index contributed by atoms with van der Waals surface area (Å²) in [5.41, 5.74) is 1.03. The Morgan fingerprint density at radius 2 is 1.69 bits per heavy atom. The Kier molecular flexibility index (Phi) is 7.88. The topological polar surface area (TPSA) is 54.0 Å². The van der Waals surface area contributed by atoms with Gasteiger partial charge in [-0.3, -0.25) is 0 Å². The van der Waals surface area contributed by atoms with Crippen LogP contribution in [0.2, 0.25) is 0 Å². The van der Waals surface area contributed by atoms with E-state index in [1.165, 1.54) is 6.07 Å². The largest absolute Gasteiger partial charge is 0.493 e. The molecule has 0 N–H and O–H groups in total. The van der Waals surface area contributed by atoms with Crippen LogP contribution < -0.4 is 14.2 Å². The van der Waals surface area contributed by atoms with Gasteiger partial charge in [-0.25, -0.2) is 9.18 Å². The number of carbonyl (C=O) groups excluding carboxylic acids is 1. The van der Waals surface area contributed by atoms with E-state index < -0.39 is 17.4 Å². The van der Waals surface area contributed by atoms with Gasteiger partial charge in [-0.1, -0.05) is 18.2 Å². The maximum Gasteiger partial charge on any atom is 0.344 e. The zero-order chi connectivity index (χ0) is 21.4. The first-order valence-electron chi connectivity index (χ1n) is 9.56. The van der Waals surface area contributed by atoms with Crippen molar-refractivity contribution in [2.45, 2.75) is 45.6 Å². The first-order valence-corrected chi connectivity index (χ1v) is 9.56. The van der Waals surface area contributed by atoms with Gasteiger partial charge in [0.05, 0.1) is 14.2 Å². The molecule has 0 aliphatic carbocycles. The van der Waals surface area contributed by atoms with Crippen LogP contribution in [-0.2, 0) is 22.4 Å². The fourth-order valence-electron chi connectivity index (χ4n) is 2.89. The number of aryl methyl sites for hydroxylation is 2. The first kappa shape index (κ1) is 22.5. The summed E-state index contributed by atoms with van der Waals surface area (Å²) in [7, 11) is 3.19.